The summed E-state index contributed by atoms with van der Waals surface area (Å²) in [6.45, 7) is 6.72. The Labute approximate surface area is 104 Å². The largest absolute Gasteiger partial charge is 0.319 e. The van der Waals surface area contributed by atoms with E-state index in [0.717, 1.165) is 19.0 Å². The summed E-state index contributed by atoms with van der Waals surface area (Å²) >= 11 is 0. The fourth-order valence-electron chi connectivity index (χ4n) is 2.65. The lowest BCUT2D eigenvalue weighted by atomic mass is 9.98. The van der Waals surface area contributed by atoms with E-state index >= 15 is 0 Å². The van der Waals surface area contributed by atoms with Gasteiger partial charge in [-0.3, -0.25) is 9.88 Å². The predicted octanol–water partition coefficient (Wildman–Crippen LogP) is 1.82. The van der Waals surface area contributed by atoms with E-state index < -0.39 is 0 Å². The number of aromatic nitrogens is 1. The summed E-state index contributed by atoms with van der Waals surface area (Å²) in [5, 5.41) is 3.29. The van der Waals surface area contributed by atoms with Gasteiger partial charge in [-0.25, -0.2) is 0 Å². The first-order valence-corrected chi connectivity index (χ1v) is 6.57. The molecule has 1 aromatic rings. The molecule has 2 heterocycles. The Morgan fingerprint density at radius 1 is 1.53 bits per heavy atom. The Hall–Kier alpha value is -0.930. The van der Waals surface area contributed by atoms with Crippen LogP contribution in [0.1, 0.15) is 24.1 Å². The van der Waals surface area contributed by atoms with Crippen molar-refractivity contribution in [3.8, 4) is 0 Å². The van der Waals surface area contributed by atoms with Gasteiger partial charge in [0.05, 0.1) is 5.69 Å². The number of nitrogens with one attached hydrogen (secondary N) is 1. The van der Waals surface area contributed by atoms with Crippen LogP contribution in [0.5, 0.6) is 0 Å². The fraction of sp³-hybridized carbons (Fsp3) is 0.643. The molecule has 1 aliphatic heterocycles. The molecule has 3 heteroatoms. The molecular weight excluding hydrogens is 210 g/mol. The van der Waals surface area contributed by atoms with Crippen LogP contribution in [-0.4, -0.2) is 36.6 Å². The summed E-state index contributed by atoms with van der Waals surface area (Å²) in [5.41, 5.74) is 2.54. The monoisotopic (exact) mass is 233 g/mol. The van der Waals surface area contributed by atoms with Crippen molar-refractivity contribution in [1.82, 2.24) is 15.2 Å². The second kappa shape index (κ2) is 6.12. The number of nitrogens with zero attached hydrogens (tertiary/aromatic N) is 2. The molecule has 1 atom stereocenters. The van der Waals surface area contributed by atoms with Crippen molar-refractivity contribution in [2.45, 2.75) is 26.3 Å². The molecule has 0 radical (unpaired) electrons. The third-order valence-electron chi connectivity index (χ3n) is 3.59. The number of likely N-dealkylation sites (tertiary alicyclic amines) is 1. The molecular formula is C14H23N3. The van der Waals surface area contributed by atoms with Gasteiger partial charge in [0.15, 0.2) is 0 Å². The molecule has 1 aliphatic rings. The van der Waals surface area contributed by atoms with Gasteiger partial charge in [0.25, 0.3) is 0 Å². The lowest BCUT2D eigenvalue weighted by Crippen LogP contribution is -2.38. The van der Waals surface area contributed by atoms with E-state index in [4.69, 9.17) is 0 Å². The number of rotatable bonds is 4. The standard InChI is InChI=1S/C14H23N3/c1-12-5-3-7-16-14(12)11-17-8-4-6-13(10-17)9-15-2/h3,5,7,13,15H,4,6,8-11H2,1-2H3. The van der Waals surface area contributed by atoms with Crippen molar-refractivity contribution in [2.24, 2.45) is 5.92 Å². The van der Waals surface area contributed by atoms with Crippen LogP contribution in [0.15, 0.2) is 18.3 Å². The van der Waals surface area contributed by atoms with E-state index in [2.05, 4.69) is 28.2 Å². The lowest BCUT2D eigenvalue weighted by molar-refractivity contribution is 0.165. The molecule has 0 amide bonds. The van der Waals surface area contributed by atoms with Gasteiger partial charge in [-0.15, -0.1) is 0 Å². The fourth-order valence-corrected chi connectivity index (χ4v) is 2.65. The number of aryl methyl sites for hydroxylation is 1. The first-order chi connectivity index (χ1) is 8.29. The highest BCUT2D eigenvalue weighted by molar-refractivity contribution is 5.17. The van der Waals surface area contributed by atoms with Crippen LogP contribution in [0.3, 0.4) is 0 Å². The molecule has 0 saturated carbocycles. The zero-order chi connectivity index (χ0) is 12.1. The molecule has 1 fully saturated rings. The van der Waals surface area contributed by atoms with Crippen molar-refractivity contribution in [2.75, 3.05) is 26.7 Å². The molecule has 2 rings (SSSR count). The van der Waals surface area contributed by atoms with E-state index in [9.17, 15) is 0 Å². The van der Waals surface area contributed by atoms with Crippen LogP contribution >= 0.6 is 0 Å². The number of hydrogen-bond donors (Lipinski definition) is 1. The van der Waals surface area contributed by atoms with Crippen LogP contribution in [-0.2, 0) is 6.54 Å². The highest BCUT2D eigenvalue weighted by Gasteiger charge is 2.19. The maximum absolute atomic E-state index is 4.49. The summed E-state index contributed by atoms with van der Waals surface area (Å²) in [6.07, 6.45) is 4.58. The van der Waals surface area contributed by atoms with E-state index in [1.165, 1.54) is 37.2 Å². The maximum atomic E-state index is 4.49. The minimum atomic E-state index is 0.803. The van der Waals surface area contributed by atoms with Gasteiger partial charge in [0.2, 0.25) is 0 Å². The van der Waals surface area contributed by atoms with Gasteiger partial charge in [0, 0.05) is 19.3 Å². The van der Waals surface area contributed by atoms with E-state index in [1.807, 2.05) is 19.3 Å². The summed E-state index contributed by atoms with van der Waals surface area (Å²) in [5.74, 6) is 0.803. The van der Waals surface area contributed by atoms with Gasteiger partial charge in [-0.05, 0) is 57.5 Å². The Kier molecular flexibility index (Phi) is 4.51. The zero-order valence-electron chi connectivity index (χ0n) is 10.9. The molecule has 1 aromatic heterocycles. The number of hydrogen-bond acceptors (Lipinski definition) is 3. The summed E-state index contributed by atoms with van der Waals surface area (Å²) < 4.78 is 0. The molecule has 0 bridgehead atoms. The first-order valence-electron chi connectivity index (χ1n) is 6.57. The smallest absolute Gasteiger partial charge is 0.0573 e. The Morgan fingerprint density at radius 3 is 3.18 bits per heavy atom. The summed E-state index contributed by atoms with van der Waals surface area (Å²) in [7, 11) is 2.04. The quantitative estimate of drug-likeness (QED) is 0.860. The molecule has 1 unspecified atom stereocenters. The predicted molar refractivity (Wildman–Crippen MR) is 70.9 cm³/mol. The third-order valence-corrected chi connectivity index (χ3v) is 3.59. The minimum absolute atomic E-state index is 0.803. The lowest BCUT2D eigenvalue weighted by Gasteiger charge is -2.32. The van der Waals surface area contributed by atoms with Crippen LogP contribution in [0.25, 0.3) is 0 Å². The Morgan fingerprint density at radius 2 is 2.41 bits per heavy atom. The topological polar surface area (TPSA) is 28.2 Å². The number of piperidine rings is 1. The normalized spacial score (nSPS) is 21.6. The number of pyridine rings is 1. The summed E-state index contributed by atoms with van der Waals surface area (Å²) in [6, 6.07) is 4.16. The average molecular weight is 233 g/mol. The molecule has 3 nitrogen and oxygen atoms in total. The molecule has 94 valence electrons. The SMILES string of the molecule is CNCC1CCCN(Cc2ncccc2C)C1. The van der Waals surface area contributed by atoms with E-state index in [-0.39, 0.29) is 0 Å². The second-order valence-electron chi connectivity index (χ2n) is 5.07. The van der Waals surface area contributed by atoms with Crippen molar-refractivity contribution >= 4 is 0 Å². The molecule has 17 heavy (non-hydrogen) atoms. The molecule has 1 saturated heterocycles. The first kappa shape index (κ1) is 12.5. The second-order valence-corrected chi connectivity index (χ2v) is 5.07. The molecule has 0 aromatic carbocycles. The van der Waals surface area contributed by atoms with Gasteiger partial charge >= 0.3 is 0 Å². The van der Waals surface area contributed by atoms with Crippen molar-refractivity contribution < 1.29 is 0 Å². The van der Waals surface area contributed by atoms with E-state index in [0.29, 0.717) is 0 Å². The van der Waals surface area contributed by atoms with Gasteiger partial charge < -0.3 is 5.32 Å². The van der Waals surface area contributed by atoms with Crippen LogP contribution in [0, 0.1) is 12.8 Å². The van der Waals surface area contributed by atoms with Crippen LogP contribution in [0.2, 0.25) is 0 Å². The Bertz CT molecular complexity index is 349. The average Bonchev–Trinajstić information content (AvgIpc) is 2.33. The van der Waals surface area contributed by atoms with Crippen molar-refractivity contribution in [1.29, 1.82) is 0 Å². The van der Waals surface area contributed by atoms with Gasteiger partial charge in [-0.2, -0.15) is 0 Å². The third kappa shape index (κ3) is 3.51. The summed E-state index contributed by atoms with van der Waals surface area (Å²) in [4.78, 5) is 7.03. The van der Waals surface area contributed by atoms with Crippen molar-refractivity contribution in [3.05, 3.63) is 29.6 Å². The van der Waals surface area contributed by atoms with Gasteiger partial charge in [0.1, 0.15) is 0 Å². The zero-order valence-corrected chi connectivity index (χ0v) is 10.9. The van der Waals surface area contributed by atoms with Gasteiger partial charge in [-0.1, -0.05) is 6.07 Å². The van der Waals surface area contributed by atoms with Crippen LogP contribution in [0.4, 0.5) is 0 Å². The highest BCUT2D eigenvalue weighted by Crippen LogP contribution is 2.18. The molecule has 1 N–H and O–H groups in total. The molecule has 0 spiro atoms. The van der Waals surface area contributed by atoms with Crippen LogP contribution < -0.4 is 5.32 Å². The van der Waals surface area contributed by atoms with E-state index in [1.54, 1.807) is 0 Å². The Balaban J connectivity index is 1.92. The van der Waals surface area contributed by atoms with Crippen molar-refractivity contribution in [3.63, 3.8) is 0 Å². The molecule has 0 aliphatic carbocycles. The minimum Gasteiger partial charge on any atom is -0.319 e. The highest BCUT2D eigenvalue weighted by atomic mass is 15.1. The maximum Gasteiger partial charge on any atom is 0.0573 e.